The van der Waals surface area contributed by atoms with Crippen molar-refractivity contribution in [2.24, 2.45) is 28.6 Å². The van der Waals surface area contributed by atoms with Crippen LogP contribution in [0.5, 0.6) is 11.5 Å². The van der Waals surface area contributed by atoms with E-state index in [0.717, 1.165) is 6.42 Å². The van der Waals surface area contributed by atoms with Gasteiger partial charge in [-0.15, -0.1) is 0 Å². The van der Waals surface area contributed by atoms with Gasteiger partial charge in [0.2, 0.25) is 0 Å². The number of nitrogens with one attached hydrogen (secondary N) is 1. The van der Waals surface area contributed by atoms with Crippen molar-refractivity contribution in [3.8, 4) is 11.5 Å². The topological polar surface area (TPSA) is 165 Å². The minimum atomic E-state index is -1.39. The first kappa shape index (κ1) is 44.9. The highest BCUT2D eigenvalue weighted by Crippen LogP contribution is 2.62. The Morgan fingerprint density at radius 1 is 0.781 bits per heavy atom. The minimum Gasteiger partial charge on any atom is -0.497 e. The molecule has 2 saturated heterocycles. The second-order valence-corrected chi connectivity index (χ2v) is 18.6. The van der Waals surface area contributed by atoms with Crippen LogP contribution in [-0.4, -0.2) is 91.3 Å². The molecule has 64 heavy (non-hydrogen) atoms. The van der Waals surface area contributed by atoms with Crippen LogP contribution in [0.25, 0.3) is 0 Å². The van der Waals surface area contributed by atoms with Crippen LogP contribution >= 0.6 is 0 Å². The van der Waals surface area contributed by atoms with E-state index in [9.17, 15) is 19.2 Å². The molecule has 2 bridgehead atoms. The molecule has 2 saturated carbocycles. The fourth-order valence-corrected chi connectivity index (χ4v) is 11.5. The van der Waals surface area contributed by atoms with E-state index in [1.54, 1.807) is 55.6 Å². The van der Waals surface area contributed by atoms with E-state index >= 15 is 4.79 Å². The van der Waals surface area contributed by atoms with Crippen molar-refractivity contribution in [2.45, 2.75) is 117 Å². The summed E-state index contributed by atoms with van der Waals surface area (Å²) in [5.41, 5.74) is 0.583. The quantitative estimate of drug-likeness (QED) is 0.130. The number of esters is 4. The van der Waals surface area contributed by atoms with Crippen molar-refractivity contribution in [3.63, 3.8) is 0 Å². The highest BCUT2D eigenvalue weighted by atomic mass is 16.7. The molecule has 0 aromatic heterocycles. The summed E-state index contributed by atoms with van der Waals surface area (Å²) in [7, 11) is 1.55. The summed E-state index contributed by atoms with van der Waals surface area (Å²) in [6.07, 6.45) is -4.79. The zero-order valence-electron chi connectivity index (χ0n) is 37.6. The van der Waals surface area contributed by atoms with Gasteiger partial charge in [-0.3, -0.25) is 24.1 Å². The van der Waals surface area contributed by atoms with Crippen LogP contribution in [-0.2, 0) is 42.9 Å². The van der Waals surface area contributed by atoms with Gasteiger partial charge in [-0.05, 0) is 90.6 Å². The van der Waals surface area contributed by atoms with E-state index in [1.165, 1.54) is 25.7 Å². The predicted molar refractivity (Wildman–Crippen MR) is 231 cm³/mol. The number of carbonyl (C=O) groups is 5. The molecule has 1 amide bonds. The lowest BCUT2D eigenvalue weighted by Crippen LogP contribution is -2.71. The molecule has 1 unspecified atom stereocenters. The second-order valence-electron chi connectivity index (χ2n) is 18.6. The fourth-order valence-electron chi connectivity index (χ4n) is 11.5. The van der Waals surface area contributed by atoms with E-state index in [1.807, 2.05) is 57.2 Å². The number of carbonyl (C=O) groups excluding carboxylic acids is 5. The van der Waals surface area contributed by atoms with Gasteiger partial charge in [0.1, 0.15) is 35.9 Å². The van der Waals surface area contributed by atoms with E-state index < -0.39 is 89.5 Å². The number of nitrogens with zero attached hydrogens (tertiary/aromatic N) is 1. The van der Waals surface area contributed by atoms with Gasteiger partial charge in [-0.1, -0.05) is 69.3 Å². The lowest BCUT2D eigenvalue weighted by Gasteiger charge is -2.64. The monoisotopic (exact) mass is 878 g/mol. The Labute approximate surface area is 373 Å². The van der Waals surface area contributed by atoms with Crippen LogP contribution in [0.4, 0.5) is 0 Å². The first-order valence-corrected chi connectivity index (χ1v) is 22.1. The number of ether oxygens (including phenoxy) is 7. The van der Waals surface area contributed by atoms with Gasteiger partial charge in [0.15, 0.2) is 12.2 Å². The van der Waals surface area contributed by atoms with E-state index in [-0.39, 0.29) is 24.3 Å². The number of methoxy groups -OCH3 is 1. The molecule has 340 valence electrons. The Morgan fingerprint density at radius 3 is 2.00 bits per heavy atom. The van der Waals surface area contributed by atoms with Gasteiger partial charge in [-0.25, -0.2) is 4.79 Å². The molecule has 1 N–H and O–H groups in total. The van der Waals surface area contributed by atoms with E-state index in [0.29, 0.717) is 46.7 Å². The number of fused-ring (bicyclic) bond motifs is 5. The van der Waals surface area contributed by atoms with E-state index in [2.05, 4.69) is 12.2 Å². The third-order valence-electron chi connectivity index (χ3n) is 14.5. The standard InChI is InChI=1S/C50H58N2O12/c1-27-38(25-36-42(59-28(2)53)40-35-26-51-37(35)23-24-50(40,7)45(61-30(4)55)43(60-29(3)54)39(27)49(36,5)6)63-47(57)44-41(31-15-11-9-12-16-31)52(46(56)32-17-13-10-14-18-32)48(64-44)62-34-21-19-33(58-8)20-22-34/h9-22,35-38,40-45,48,51H,23-26H2,1-8H3/t35-,36+,37-,38+,40+,41+,42-,43-,44-,45+,48?,50-/m1/s1. The van der Waals surface area contributed by atoms with Gasteiger partial charge in [0, 0.05) is 56.2 Å². The third kappa shape index (κ3) is 8.15. The molecule has 0 radical (unpaired) electrons. The van der Waals surface area contributed by atoms with E-state index in [4.69, 9.17) is 33.2 Å². The SMILES string of the molecule is COc1ccc(OC2O[C@@H](C(=O)O[C@H]3C[C@H]4[C@@H](OC(C)=O)[C@@H]5[C@@H]6CN[C@@H]6CC[C@@]5(C)[C@@H](OC(C)=O)[C@H](OC(C)=O)C(=C3C)C4(C)C)[C@H](c3ccccc3)N2C(=O)c2ccccc2)cc1. The van der Waals surface area contributed by atoms with Crippen LogP contribution in [0.3, 0.4) is 0 Å². The predicted octanol–water partition coefficient (Wildman–Crippen LogP) is 6.73. The van der Waals surface area contributed by atoms with Crippen LogP contribution in [0, 0.1) is 28.6 Å². The molecule has 14 nitrogen and oxygen atoms in total. The van der Waals surface area contributed by atoms with Gasteiger partial charge in [-0.2, -0.15) is 0 Å². The van der Waals surface area contributed by atoms with Gasteiger partial charge >= 0.3 is 23.9 Å². The highest BCUT2D eigenvalue weighted by molar-refractivity contribution is 5.95. The van der Waals surface area contributed by atoms with Crippen LogP contribution in [0.1, 0.15) is 89.7 Å². The Balaban J connectivity index is 1.24. The molecule has 4 fully saturated rings. The third-order valence-corrected chi connectivity index (χ3v) is 14.5. The van der Waals surface area contributed by atoms with Crippen molar-refractivity contribution in [3.05, 3.63) is 107 Å². The fraction of sp³-hybridized carbons (Fsp3) is 0.500. The number of hydrogen-bond acceptors (Lipinski definition) is 13. The Kier molecular flexibility index (Phi) is 12.4. The van der Waals surface area contributed by atoms with Crippen LogP contribution in [0.15, 0.2) is 96.1 Å². The van der Waals surface area contributed by atoms with Crippen molar-refractivity contribution in [1.29, 1.82) is 0 Å². The van der Waals surface area contributed by atoms with Crippen LogP contribution in [0.2, 0.25) is 0 Å². The zero-order valence-corrected chi connectivity index (χ0v) is 37.6. The summed E-state index contributed by atoms with van der Waals surface area (Å²) < 4.78 is 44.0. The molecule has 3 aromatic carbocycles. The molecule has 3 aliphatic carbocycles. The molecule has 8 rings (SSSR count). The highest BCUT2D eigenvalue weighted by Gasteiger charge is 2.66. The number of hydrogen-bond donors (Lipinski definition) is 1. The molecule has 3 aromatic rings. The Hall–Kier alpha value is -5.73. The lowest BCUT2D eigenvalue weighted by atomic mass is 9.47. The first-order chi connectivity index (χ1) is 30.5. The first-order valence-electron chi connectivity index (χ1n) is 22.1. The largest absolute Gasteiger partial charge is 0.497 e. The van der Waals surface area contributed by atoms with Gasteiger partial charge < -0.3 is 38.5 Å². The molecular weight excluding hydrogens is 821 g/mol. The maximum absolute atomic E-state index is 15.1. The number of benzene rings is 3. The number of amides is 1. The van der Waals surface area contributed by atoms with Crippen molar-refractivity contribution in [2.75, 3.05) is 13.7 Å². The second kappa shape index (κ2) is 17.7. The molecule has 14 heteroatoms. The van der Waals surface area contributed by atoms with Crippen LogP contribution < -0.4 is 14.8 Å². The Morgan fingerprint density at radius 2 is 1.41 bits per heavy atom. The lowest BCUT2D eigenvalue weighted by molar-refractivity contribution is -0.222. The van der Waals surface area contributed by atoms with Gasteiger partial charge in [0.05, 0.1) is 7.11 Å². The maximum atomic E-state index is 15.1. The average Bonchev–Trinajstić information content (AvgIpc) is 3.62. The van der Waals surface area contributed by atoms with Crippen molar-refractivity contribution < 1.29 is 57.1 Å². The molecule has 12 atom stereocenters. The molecule has 5 aliphatic rings. The average molecular weight is 879 g/mol. The Bertz CT molecular complexity index is 2280. The molecule has 0 spiro atoms. The summed E-state index contributed by atoms with van der Waals surface area (Å²) in [5, 5.41) is 3.55. The summed E-state index contributed by atoms with van der Waals surface area (Å²) in [5.74, 6) is -2.54. The summed E-state index contributed by atoms with van der Waals surface area (Å²) in [6, 6.07) is 23.7. The number of rotatable bonds is 10. The van der Waals surface area contributed by atoms with Crippen molar-refractivity contribution >= 4 is 29.8 Å². The van der Waals surface area contributed by atoms with Crippen molar-refractivity contribution in [1.82, 2.24) is 10.2 Å². The summed E-state index contributed by atoms with van der Waals surface area (Å²) in [6.45, 7) is 12.7. The normalized spacial score (nSPS) is 32.6. The smallest absolute Gasteiger partial charge is 0.338 e. The maximum Gasteiger partial charge on any atom is 0.338 e. The van der Waals surface area contributed by atoms with Gasteiger partial charge in [0.25, 0.3) is 12.3 Å². The molecular formula is C50H58N2O12. The summed E-state index contributed by atoms with van der Waals surface area (Å²) in [4.78, 5) is 70.8. The minimum absolute atomic E-state index is 0.0544. The zero-order chi connectivity index (χ0) is 45.7. The molecule has 2 heterocycles. The molecule has 2 aliphatic heterocycles. The summed E-state index contributed by atoms with van der Waals surface area (Å²) >= 11 is 0.